The van der Waals surface area contributed by atoms with Gasteiger partial charge < -0.3 is 15.0 Å². The Kier molecular flexibility index (Phi) is 5.49. The zero-order valence-electron chi connectivity index (χ0n) is 15.2. The van der Waals surface area contributed by atoms with Gasteiger partial charge in [0.1, 0.15) is 11.3 Å². The number of rotatable bonds is 5. The Morgan fingerprint density at radius 3 is 2.68 bits per heavy atom. The molecule has 0 radical (unpaired) electrons. The molecule has 0 spiro atoms. The first kappa shape index (κ1) is 19.2. The van der Waals surface area contributed by atoms with Crippen molar-refractivity contribution in [1.29, 1.82) is 0 Å². The van der Waals surface area contributed by atoms with Crippen molar-refractivity contribution in [1.82, 2.24) is 15.3 Å². The summed E-state index contributed by atoms with van der Waals surface area (Å²) in [6, 6.07) is 8.13. The third-order valence-electron chi connectivity index (χ3n) is 3.99. The summed E-state index contributed by atoms with van der Waals surface area (Å²) < 4.78 is 31.9. The molecule has 3 aromatic rings. The van der Waals surface area contributed by atoms with E-state index in [4.69, 9.17) is 4.74 Å². The molecule has 2 heterocycles. The number of H-pyrrole nitrogens is 1. The zero-order chi connectivity index (χ0) is 20.3. The number of aromatic nitrogens is 2. The summed E-state index contributed by atoms with van der Waals surface area (Å²) in [5, 5.41) is 2.65. The zero-order valence-corrected chi connectivity index (χ0v) is 15.2. The molecule has 1 amide bonds. The Morgan fingerprint density at radius 2 is 1.96 bits per heavy atom. The average molecular weight is 385 g/mol. The fraction of sp³-hybridized carbons (Fsp3) is 0.150. The van der Waals surface area contributed by atoms with Gasteiger partial charge in [0.2, 0.25) is 5.88 Å². The van der Waals surface area contributed by atoms with Crippen LogP contribution in [0.15, 0.2) is 47.4 Å². The Balaban J connectivity index is 1.78. The molecule has 1 aromatic carbocycles. The molecule has 0 unspecified atom stereocenters. The molecule has 0 aliphatic rings. The summed E-state index contributed by atoms with van der Waals surface area (Å²) in [6.45, 7) is 3.44. The van der Waals surface area contributed by atoms with Crippen LogP contribution < -0.4 is 15.6 Å². The van der Waals surface area contributed by atoms with Crippen LogP contribution >= 0.6 is 0 Å². The minimum atomic E-state index is -1.04. The van der Waals surface area contributed by atoms with Gasteiger partial charge in [0, 0.05) is 30.1 Å². The molecule has 0 aliphatic heterocycles. The highest BCUT2D eigenvalue weighted by atomic mass is 19.2. The summed E-state index contributed by atoms with van der Waals surface area (Å²) in [5.74, 6) is -2.38. The van der Waals surface area contributed by atoms with Gasteiger partial charge in [0.05, 0.1) is 0 Å². The highest BCUT2D eigenvalue weighted by Gasteiger charge is 2.15. The van der Waals surface area contributed by atoms with Crippen molar-refractivity contribution in [2.75, 3.05) is 0 Å². The maximum Gasteiger partial charge on any atom is 0.261 e. The number of aryl methyl sites for hydroxylation is 2. The molecular weight excluding hydrogens is 368 g/mol. The highest BCUT2D eigenvalue weighted by Crippen LogP contribution is 2.24. The lowest BCUT2D eigenvalue weighted by atomic mass is 10.1. The SMILES string of the molecule is Cc1cc(C)c(C(=O)NCc2cccnc2Oc2ccc(F)c(F)c2)c(=O)[nH]1. The van der Waals surface area contributed by atoms with Crippen LogP contribution in [0.2, 0.25) is 0 Å². The van der Waals surface area contributed by atoms with Gasteiger partial charge in [-0.05, 0) is 43.7 Å². The number of nitrogens with one attached hydrogen (secondary N) is 2. The van der Waals surface area contributed by atoms with Gasteiger partial charge in [-0.3, -0.25) is 9.59 Å². The van der Waals surface area contributed by atoms with Crippen LogP contribution in [0.1, 0.15) is 27.2 Å². The fourth-order valence-electron chi connectivity index (χ4n) is 2.70. The molecule has 2 N–H and O–H groups in total. The normalized spacial score (nSPS) is 10.6. The molecule has 0 atom stereocenters. The first-order valence-corrected chi connectivity index (χ1v) is 8.40. The Morgan fingerprint density at radius 1 is 1.18 bits per heavy atom. The van der Waals surface area contributed by atoms with Crippen LogP contribution in [-0.2, 0) is 6.54 Å². The molecule has 3 rings (SSSR count). The van der Waals surface area contributed by atoms with Crippen LogP contribution in [0, 0.1) is 25.5 Å². The number of nitrogens with zero attached hydrogens (tertiary/aromatic N) is 1. The maximum absolute atomic E-state index is 13.4. The van der Waals surface area contributed by atoms with Crippen molar-refractivity contribution >= 4 is 5.91 Å². The second kappa shape index (κ2) is 7.99. The Bertz CT molecular complexity index is 1100. The summed E-state index contributed by atoms with van der Waals surface area (Å²) in [6.07, 6.45) is 1.47. The molecule has 0 saturated carbocycles. The standard InChI is InChI=1S/C20H17F2N3O3/c1-11-8-12(2)25-19(27)17(11)18(26)24-10-13-4-3-7-23-20(13)28-14-5-6-15(21)16(22)9-14/h3-9H,10H2,1-2H3,(H,24,26)(H,25,27). The van der Waals surface area contributed by atoms with Crippen LogP contribution in [0.4, 0.5) is 8.78 Å². The van der Waals surface area contributed by atoms with Gasteiger partial charge in [-0.1, -0.05) is 6.07 Å². The largest absolute Gasteiger partial charge is 0.439 e. The molecular formula is C20H17F2N3O3. The number of hydrogen-bond donors (Lipinski definition) is 2. The van der Waals surface area contributed by atoms with Crippen LogP contribution in [0.25, 0.3) is 0 Å². The van der Waals surface area contributed by atoms with Crippen molar-refractivity contribution in [3.63, 3.8) is 0 Å². The Labute approximate surface area is 159 Å². The second-order valence-electron chi connectivity index (χ2n) is 6.17. The third kappa shape index (κ3) is 4.22. The Hall–Kier alpha value is -3.55. The summed E-state index contributed by atoms with van der Waals surface area (Å²) in [7, 11) is 0. The van der Waals surface area contributed by atoms with E-state index >= 15 is 0 Å². The van der Waals surface area contributed by atoms with Gasteiger partial charge in [-0.15, -0.1) is 0 Å². The molecule has 28 heavy (non-hydrogen) atoms. The first-order valence-electron chi connectivity index (χ1n) is 8.40. The van der Waals surface area contributed by atoms with Gasteiger partial charge in [0.15, 0.2) is 11.6 Å². The lowest BCUT2D eigenvalue weighted by molar-refractivity contribution is 0.0948. The molecule has 2 aromatic heterocycles. The summed E-state index contributed by atoms with van der Waals surface area (Å²) >= 11 is 0. The van der Waals surface area contributed by atoms with Crippen molar-refractivity contribution in [2.45, 2.75) is 20.4 Å². The molecule has 0 bridgehead atoms. The second-order valence-corrected chi connectivity index (χ2v) is 6.17. The molecule has 0 fully saturated rings. The molecule has 8 heteroatoms. The van der Waals surface area contributed by atoms with Crippen LogP contribution in [0.5, 0.6) is 11.6 Å². The van der Waals surface area contributed by atoms with Gasteiger partial charge >= 0.3 is 0 Å². The molecule has 144 valence electrons. The lowest BCUT2D eigenvalue weighted by Gasteiger charge is -2.11. The van der Waals surface area contributed by atoms with E-state index in [1.165, 1.54) is 12.3 Å². The number of carbonyl (C=O) groups is 1. The molecule has 0 aliphatic carbocycles. The predicted molar refractivity (Wildman–Crippen MR) is 98.4 cm³/mol. The first-order chi connectivity index (χ1) is 13.3. The van der Waals surface area contributed by atoms with Crippen molar-refractivity contribution in [3.8, 4) is 11.6 Å². The summed E-state index contributed by atoms with van der Waals surface area (Å²) in [4.78, 5) is 31.2. The number of aromatic amines is 1. The quantitative estimate of drug-likeness (QED) is 0.705. The van der Waals surface area contributed by atoms with Gasteiger partial charge in [-0.25, -0.2) is 13.8 Å². The van der Waals surface area contributed by atoms with Crippen LogP contribution in [0.3, 0.4) is 0 Å². The van der Waals surface area contributed by atoms with E-state index in [0.29, 0.717) is 16.8 Å². The monoisotopic (exact) mass is 385 g/mol. The van der Waals surface area contributed by atoms with E-state index in [-0.39, 0.29) is 23.7 Å². The topological polar surface area (TPSA) is 84.1 Å². The number of ether oxygens (including phenoxy) is 1. The number of amides is 1. The fourth-order valence-corrected chi connectivity index (χ4v) is 2.70. The minimum absolute atomic E-state index is 0.0255. The van der Waals surface area contributed by atoms with E-state index in [0.717, 1.165) is 12.1 Å². The van der Waals surface area contributed by atoms with E-state index < -0.39 is 23.1 Å². The predicted octanol–water partition coefficient (Wildman–Crippen LogP) is 3.39. The third-order valence-corrected chi connectivity index (χ3v) is 3.99. The minimum Gasteiger partial charge on any atom is -0.439 e. The van der Waals surface area contributed by atoms with E-state index in [9.17, 15) is 18.4 Å². The lowest BCUT2D eigenvalue weighted by Crippen LogP contribution is -2.30. The maximum atomic E-state index is 13.4. The number of hydrogen-bond acceptors (Lipinski definition) is 4. The molecule has 6 nitrogen and oxygen atoms in total. The van der Waals surface area contributed by atoms with Gasteiger partial charge in [0.25, 0.3) is 11.5 Å². The van der Waals surface area contributed by atoms with Crippen molar-refractivity contribution < 1.29 is 18.3 Å². The van der Waals surface area contributed by atoms with Crippen molar-refractivity contribution in [2.24, 2.45) is 0 Å². The van der Waals surface area contributed by atoms with Crippen molar-refractivity contribution in [3.05, 3.63) is 87.0 Å². The smallest absolute Gasteiger partial charge is 0.261 e. The number of benzene rings is 1. The molecule has 0 saturated heterocycles. The van der Waals surface area contributed by atoms with E-state index in [1.807, 2.05) is 0 Å². The number of halogens is 2. The average Bonchev–Trinajstić information content (AvgIpc) is 2.63. The van der Waals surface area contributed by atoms with Crippen LogP contribution in [-0.4, -0.2) is 15.9 Å². The number of carbonyl (C=O) groups excluding carboxylic acids is 1. The van der Waals surface area contributed by atoms with Gasteiger partial charge in [-0.2, -0.15) is 0 Å². The van der Waals surface area contributed by atoms with E-state index in [2.05, 4.69) is 15.3 Å². The van der Waals surface area contributed by atoms with E-state index in [1.54, 1.807) is 32.0 Å². The summed E-state index contributed by atoms with van der Waals surface area (Å²) in [5.41, 5.74) is 1.27. The number of pyridine rings is 2. The highest BCUT2D eigenvalue weighted by molar-refractivity contribution is 5.95.